The Balaban J connectivity index is 1.44. The number of anilines is 1. The molecule has 4 rings (SSSR count). The molecule has 0 spiro atoms. The Morgan fingerprint density at radius 3 is 2.41 bits per heavy atom. The number of hydrogen-bond acceptors (Lipinski definition) is 6. The molecule has 0 radical (unpaired) electrons. The number of rotatable bonds is 3. The molecule has 1 aliphatic rings. The van der Waals surface area contributed by atoms with Gasteiger partial charge in [-0.25, -0.2) is 14.6 Å². The van der Waals surface area contributed by atoms with E-state index >= 15 is 0 Å². The first-order valence-corrected chi connectivity index (χ1v) is 8.66. The lowest BCUT2D eigenvalue weighted by molar-refractivity contribution is 0.0738. The molecule has 138 valence electrons. The minimum Gasteiger partial charge on any atom is -0.353 e. The summed E-state index contributed by atoms with van der Waals surface area (Å²) in [5, 5.41) is 4.04. The molecule has 3 aromatic rings. The van der Waals surface area contributed by atoms with Crippen LogP contribution in [0.25, 0.3) is 5.82 Å². The van der Waals surface area contributed by atoms with Gasteiger partial charge < -0.3 is 14.4 Å². The lowest BCUT2D eigenvalue weighted by Crippen LogP contribution is -2.49. The molecular formula is C18H19N7O2. The van der Waals surface area contributed by atoms with Gasteiger partial charge in [0.1, 0.15) is 23.7 Å². The molecule has 9 heteroatoms. The van der Waals surface area contributed by atoms with Crippen LogP contribution in [0.15, 0.2) is 53.8 Å². The molecule has 3 aromatic heterocycles. The van der Waals surface area contributed by atoms with E-state index in [0.29, 0.717) is 26.2 Å². The lowest BCUT2D eigenvalue weighted by Gasteiger charge is -2.35. The van der Waals surface area contributed by atoms with Crippen LogP contribution < -0.4 is 10.5 Å². The van der Waals surface area contributed by atoms with Crippen LogP contribution in [0.1, 0.15) is 10.5 Å². The van der Waals surface area contributed by atoms with Crippen LogP contribution in [-0.2, 0) is 7.05 Å². The van der Waals surface area contributed by atoms with E-state index in [1.165, 1.54) is 23.9 Å². The van der Waals surface area contributed by atoms with Gasteiger partial charge in [-0.3, -0.25) is 9.59 Å². The summed E-state index contributed by atoms with van der Waals surface area (Å²) < 4.78 is 3.10. The summed E-state index contributed by atoms with van der Waals surface area (Å²) in [5.41, 5.74) is 0.0427. The summed E-state index contributed by atoms with van der Waals surface area (Å²) in [4.78, 5) is 36.6. The van der Waals surface area contributed by atoms with Crippen molar-refractivity contribution < 1.29 is 4.79 Å². The fourth-order valence-corrected chi connectivity index (χ4v) is 3.06. The maximum absolute atomic E-state index is 12.6. The van der Waals surface area contributed by atoms with Crippen molar-refractivity contribution in [3.05, 3.63) is 65.1 Å². The molecule has 0 bridgehead atoms. The summed E-state index contributed by atoms with van der Waals surface area (Å²) in [6.45, 7) is 2.46. The third-order valence-electron chi connectivity index (χ3n) is 4.58. The number of amides is 1. The average molecular weight is 365 g/mol. The molecule has 1 fully saturated rings. The van der Waals surface area contributed by atoms with Gasteiger partial charge in [0, 0.05) is 57.8 Å². The highest BCUT2D eigenvalue weighted by atomic mass is 16.2. The monoisotopic (exact) mass is 365 g/mol. The highest BCUT2D eigenvalue weighted by Crippen LogP contribution is 2.16. The Kier molecular flexibility index (Phi) is 4.41. The van der Waals surface area contributed by atoms with E-state index in [-0.39, 0.29) is 17.2 Å². The van der Waals surface area contributed by atoms with Crippen molar-refractivity contribution >= 4 is 11.7 Å². The smallest absolute Gasteiger partial charge is 0.274 e. The summed E-state index contributed by atoms with van der Waals surface area (Å²) >= 11 is 0. The zero-order chi connectivity index (χ0) is 18.8. The van der Waals surface area contributed by atoms with Crippen molar-refractivity contribution in [2.45, 2.75) is 0 Å². The lowest BCUT2D eigenvalue weighted by atomic mass is 10.2. The van der Waals surface area contributed by atoms with E-state index in [1.807, 2.05) is 35.2 Å². The van der Waals surface area contributed by atoms with Gasteiger partial charge in [0.15, 0.2) is 0 Å². The predicted molar refractivity (Wildman–Crippen MR) is 99.0 cm³/mol. The molecule has 0 saturated carbocycles. The molecule has 1 amide bonds. The Morgan fingerprint density at radius 2 is 1.70 bits per heavy atom. The number of carbonyl (C=O) groups is 1. The van der Waals surface area contributed by atoms with Crippen molar-refractivity contribution in [1.29, 1.82) is 0 Å². The van der Waals surface area contributed by atoms with Crippen LogP contribution in [0.2, 0.25) is 0 Å². The molecule has 27 heavy (non-hydrogen) atoms. The molecule has 0 N–H and O–H groups in total. The van der Waals surface area contributed by atoms with Gasteiger partial charge >= 0.3 is 0 Å². The second kappa shape index (κ2) is 7.02. The summed E-state index contributed by atoms with van der Waals surface area (Å²) in [5.74, 6) is 1.47. The Hall–Kier alpha value is -3.49. The molecule has 0 aliphatic carbocycles. The van der Waals surface area contributed by atoms with Crippen molar-refractivity contribution in [3.8, 4) is 5.82 Å². The highest BCUT2D eigenvalue weighted by molar-refractivity contribution is 5.92. The van der Waals surface area contributed by atoms with Gasteiger partial charge in [0.05, 0.1) is 0 Å². The maximum atomic E-state index is 12.6. The van der Waals surface area contributed by atoms with Gasteiger partial charge in [-0.2, -0.15) is 5.10 Å². The van der Waals surface area contributed by atoms with Crippen LogP contribution in [0.5, 0.6) is 0 Å². The first-order valence-electron chi connectivity index (χ1n) is 8.66. The first-order chi connectivity index (χ1) is 13.1. The molecule has 1 saturated heterocycles. The van der Waals surface area contributed by atoms with Gasteiger partial charge in [-0.1, -0.05) is 0 Å². The van der Waals surface area contributed by atoms with Crippen LogP contribution in [0, 0.1) is 0 Å². The minimum atomic E-state index is -0.237. The van der Waals surface area contributed by atoms with Gasteiger partial charge in [-0.15, -0.1) is 0 Å². The fraction of sp³-hybridized carbons (Fsp3) is 0.278. The Bertz CT molecular complexity index is 1000. The largest absolute Gasteiger partial charge is 0.353 e. The molecule has 0 atom stereocenters. The molecule has 9 nitrogen and oxygen atoms in total. The van der Waals surface area contributed by atoms with Gasteiger partial charge in [0.2, 0.25) is 0 Å². The zero-order valence-corrected chi connectivity index (χ0v) is 14.9. The van der Waals surface area contributed by atoms with Crippen LogP contribution in [0.4, 0.5) is 5.82 Å². The molecular weight excluding hydrogens is 346 g/mol. The summed E-state index contributed by atoms with van der Waals surface area (Å²) in [6.07, 6.45) is 5.42. The second-order valence-electron chi connectivity index (χ2n) is 6.28. The standard InChI is InChI=1S/C18H19N7O2/c1-22-17(26)5-4-14(21-22)18(27)25-10-8-24(9-11-25)16-12-15(19-13-20-16)23-6-2-3-7-23/h2-7,12-13H,8-11H2,1H3. The maximum Gasteiger partial charge on any atom is 0.274 e. The van der Waals surface area contributed by atoms with Crippen molar-refractivity contribution in [1.82, 2.24) is 29.2 Å². The normalized spacial score (nSPS) is 14.4. The average Bonchev–Trinajstić information content (AvgIpc) is 3.25. The number of carbonyl (C=O) groups excluding carboxylic acids is 1. The van der Waals surface area contributed by atoms with Crippen molar-refractivity contribution in [2.24, 2.45) is 7.05 Å². The summed E-state index contributed by atoms with van der Waals surface area (Å²) in [6, 6.07) is 8.66. The van der Waals surface area contributed by atoms with Gasteiger partial charge in [-0.05, 0) is 18.2 Å². The van der Waals surface area contributed by atoms with Gasteiger partial charge in [0.25, 0.3) is 11.5 Å². The van der Waals surface area contributed by atoms with E-state index in [0.717, 1.165) is 11.6 Å². The third kappa shape index (κ3) is 3.43. The number of nitrogens with zero attached hydrogens (tertiary/aromatic N) is 7. The minimum absolute atomic E-state index is 0.166. The Labute approximate surface area is 155 Å². The van der Waals surface area contributed by atoms with Crippen molar-refractivity contribution in [3.63, 3.8) is 0 Å². The third-order valence-corrected chi connectivity index (χ3v) is 4.58. The van der Waals surface area contributed by atoms with Crippen LogP contribution >= 0.6 is 0 Å². The SMILES string of the molecule is Cn1nc(C(=O)N2CCN(c3cc(-n4cccc4)ncn3)CC2)ccc1=O. The quantitative estimate of drug-likeness (QED) is 0.664. The number of hydrogen-bond donors (Lipinski definition) is 0. The van der Waals surface area contributed by atoms with Crippen LogP contribution in [0.3, 0.4) is 0 Å². The fourth-order valence-electron chi connectivity index (χ4n) is 3.06. The summed E-state index contributed by atoms with van der Waals surface area (Å²) in [7, 11) is 1.54. The zero-order valence-electron chi connectivity index (χ0n) is 14.9. The van der Waals surface area contributed by atoms with E-state index in [9.17, 15) is 9.59 Å². The number of piperazine rings is 1. The van der Waals surface area contributed by atoms with Crippen molar-refractivity contribution in [2.75, 3.05) is 31.1 Å². The van der Waals surface area contributed by atoms with E-state index < -0.39 is 0 Å². The first kappa shape index (κ1) is 17.0. The predicted octanol–water partition coefficient (Wildman–Crippen LogP) is 0.323. The molecule has 4 heterocycles. The Morgan fingerprint density at radius 1 is 1.00 bits per heavy atom. The number of aromatic nitrogens is 5. The molecule has 1 aliphatic heterocycles. The second-order valence-corrected chi connectivity index (χ2v) is 6.28. The number of aryl methyl sites for hydroxylation is 1. The molecule has 0 aromatic carbocycles. The topological polar surface area (TPSA) is 89.2 Å². The highest BCUT2D eigenvalue weighted by Gasteiger charge is 2.24. The van der Waals surface area contributed by atoms with E-state index in [2.05, 4.69) is 20.0 Å². The van der Waals surface area contributed by atoms with E-state index in [4.69, 9.17) is 0 Å². The van der Waals surface area contributed by atoms with Crippen LogP contribution in [-0.4, -0.2) is 61.3 Å². The molecule has 0 unspecified atom stereocenters. The van der Waals surface area contributed by atoms with E-state index in [1.54, 1.807) is 11.2 Å².